The lowest BCUT2D eigenvalue weighted by molar-refractivity contribution is -0.126. The van der Waals surface area contributed by atoms with Gasteiger partial charge in [0.1, 0.15) is 5.75 Å². The second-order valence-corrected chi connectivity index (χ2v) is 8.60. The zero-order chi connectivity index (χ0) is 18.5. The summed E-state index contributed by atoms with van der Waals surface area (Å²) in [6.45, 7) is 14.0. The van der Waals surface area contributed by atoms with Crippen LogP contribution in [0.15, 0.2) is 24.3 Å². The molecule has 1 heterocycles. The first-order valence-electron chi connectivity index (χ1n) is 9.45. The first-order valence-corrected chi connectivity index (χ1v) is 9.45. The molecule has 1 aromatic carbocycles. The molecule has 140 valence electrons. The Kier molecular flexibility index (Phi) is 6.50. The average Bonchev–Trinajstić information content (AvgIpc) is 2.59. The van der Waals surface area contributed by atoms with E-state index in [1.165, 1.54) is 0 Å². The molecule has 0 aliphatic carbocycles. The number of nitrogens with one attached hydrogen (secondary N) is 2. The Morgan fingerprint density at radius 3 is 2.40 bits per heavy atom. The molecular formula is C21H34N2O2. The molecule has 25 heavy (non-hydrogen) atoms. The van der Waals surface area contributed by atoms with Crippen molar-refractivity contribution in [3.8, 4) is 5.75 Å². The highest BCUT2D eigenvalue weighted by molar-refractivity contribution is 5.87. The van der Waals surface area contributed by atoms with Gasteiger partial charge in [0.05, 0.1) is 12.0 Å². The molecule has 4 heteroatoms. The normalized spacial score (nSPS) is 17.4. The Hall–Kier alpha value is -1.55. The fourth-order valence-corrected chi connectivity index (χ4v) is 3.08. The van der Waals surface area contributed by atoms with E-state index >= 15 is 0 Å². The largest absolute Gasteiger partial charge is 0.493 e. The zero-order valence-corrected chi connectivity index (χ0v) is 16.4. The molecule has 1 saturated heterocycles. The van der Waals surface area contributed by atoms with Crippen molar-refractivity contribution in [1.82, 2.24) is 10.6 Å². The van der Waals surface area contributed by atoms with E-state index in [0.29, 0.717) is 12.5 Å². The summed E-state index contributed by atoms with van der Waals surface area (Å²) in [6, 6.07) is 7.92. The lowest BCUT2D eigenvalue weighted by atomic mass is 9.79. The minimum atomic E-state index is -0.556. The first-order chi connectivity index (χ1) is 11.7. The summed E-state index contributed by atoms with van der Waals surface area (Å²) in [7, 11) is 0. The van der Waals surface area contributed by atoms with E-state index in [9.17, 15) is 4.79 Å². The highest BCUT2D eigenvalue weighted by atomic mass is 16.5. The quantitative estimate of drug-likeness (QED) is 0.794. The molecule has 1 aliphatic heterocycles. The molecule has 0 bridgehead atoms. The van der Waals surface area contributed by atoms with E-state index in [4.69, 9.17) is 4.74 Å². The maximum absolute atomic E-state index is 12.8. The van der Waals surface area contributed by atoms with E-state index in [0.717, 1.165) is 43.8 Å². The minimum absolute atomic E-state index is 0.0862. The standard InChI is InChI=1S/C21H34N2O2/c1-16(2)14-25-18-8-6-17(7-9-18)20(3,4)19(24)23-15-21(5)10-12-22-13-11-21/h6-9,16,22H,10-15H2,1-5H3,(H,23,24). The molecule has 0 atom stereocenters. The SMILES string of the molecule is CC(C)COc1ccc(C(C)(C)C(=O)NCC2(C)CCNCC2)cc1. The van der Waals surface area contributed by atoms with Crippen molar-refractivity contribution in [1.29, 1.82) is 0 Å². The third-order valence-electron chi connectivity index (χ3n) is 5.21. The van der Waals surface area contributed by atoms with Gasteiger partial charge in [-0.2, -0.15) is 0 Å². The highest BCUT2D eigenvalue weighted by Gasteiger charge is 2.33. The number of amides is 1. The summed E-state index contributed by atoms with van der Waals surface area (Å²) < 4.78 is 5.73. The Morgan fingerprint density at radius 2 is 1.84 bits per heavy atom. The topological polar surface area (TPSA) is 50.4 Å². The van der Waals surface area contributed by atoms with Gasteiger partial charge in [0.25, 0.3) is 0 Å². The summed E-state index contributed by atoms with van der Waals surface area (Å²) in [5.41, 5.74) is 0.656. The molecule has 1 amide bonds. The van der Waals surface area contributed by atoms with Crippen molar-refractivity contribution in [2.45, 2.75) is 52.9 Å². The minimum Gasteiger partial charge on any atom is -0.493 e. The van der Waals surface area contributed by atoms with Crippen LogP contribution in [-0.2, 0) is 10.2 Å². The van der Waals surface area contributed by atoms with Gasteiger partial charge in [-0.3, -0.25) is 4.79 Å². The van der Waals surface area contributed by atoms with Crippen molar-refractivity contribution in [2.75, 3.05) is 26.2 Å². The molecule has 0 unspecified atom stereocenters. The van der Waals surface area contributed by atoms with Crippen LogP contribution >= 0.6 is 0 Å². The number of benzene rings is 1. The highest BCUT2D eigenvalue weighted by Crippen LogP contribution is 2.29. The molecule has 2 N–H and O–H groups in total. The van der Waals surface area contributed by atoms with Crippen LogP contribution in [0, 0.1) is 11.3 Å². The van der Waals surface area contributed by atoms with Gasteiger partial charge in [-0.15, -0.1) is 0 Å². The maximum atomic E-state index is 12.8. The van der Waals surface area contributed by atoms with Gasteiger partial charge in [0.15, 0.2) is 0 Å². The number of carbonyl (C=O) groups excluding carboxylic acids is 1. The monoisotopic (exact) mass is 346 g/mol. The molecule has 0 spiro atoms. The third-order valence-corrected chi connectivity index (χ3v) is 5.21. The number of piperidine rings is 1. The Morgan fingerprint density at radius 1 is 1.24 bits per heavy atom. The van der Waals surface area contributed by atoms with Gasteiger partial charge in [0, 0.05) is 6.54 Å². The maximum Gasteiger partial charge on any atom is 0.230 e. The van der Waals surface area contributed by atoms with E-state index < -0.39 is 5.41 Å². The van der Waals surface area contributed by atoms with Crippen LogP contribution in [-0.4, -0.2) is 32.1 Å². The predicted octanol–water partition coefficient (Wildman–Crippen LogP) is 3.50. The van der Waals surface area contributed by atoms with Crippen LogP contribution in [0.1, 0.15) is 53.0 Å². The van der Waals surface area contributed by atoms with Crippen molar-refractivity contribution >= 4 is 5.91 Å². The molecule has 2 rings (SSSR count). The van der Waals surface area contributed by atoms with Crippen molar-refractivity contribution in [3.05, 3.63) is 29.8 Å². The zero-order valence-electron chi connectivity index (χ0n) is 16.4. The summed E-state index contributed by atoms with van der Waals surface area (Å²) in [4.78, 5) is 12.8. The molecule has 1 aromatic rings. The van der Waals surface area contributed by atoms with Crippen LogP contribution in [0.25, 0.3) is 0 Å². The molecule has 1 aliphatic rings. The van der Waals surface area contributed by atoms with Gasteiger partial charge in [-0.25, -0.2) is 0 Å². The van der Waals surface area contributed by atoms with E-state index in [-0.39, 0.29) is 11.3 Å². The van der Waals surface area contributed by atoms with Crippen molar-refractivity contribution in [2.24, 2.45) is 11.3 Å². The van der Waals surface area contributed by atoms with Crippen LogP contribution in [0.2, 0.25) is 0 Å². The third kappa shape index (κ3) is 5.46. The van der Waals surface area contributed by atoms with Crippen molar-refractivity contribution < 1.29 is 9.53 Å². The second kappa shape index (κ2) is 8.22. The fourth-order valence-electron chi connectivity index (χ4n) is 3.08. The lowest BCUT2D eigenvalue weighted by Crippen LogP contribution is -2.47. The summed E-state index contributed by atoms with van der Waals surface area (Å²) >= 11 is 0. The van der Waals surface area contributed by atoms with Crippen LogP contribution in [0.4, 0.5) is 0 Å². The Balaban J connectivity index is 1.95. The Labute approximate surface area is 152 Å². The summed E-state index contributed by atoms with van der Waals surface area (Å²) in [5, 5.41) is 6.57. The molecule has 4 nitrogen and oxygen atoms in total. The average molecular weight is 347 g/mol. The molecule has 0 aromatic heterocycles. The van der Waals surface area contributed by atoms with E-state index in [2.05, 4.69) is 31.4 Å². The van der Waals surface area contributed by atoms with Gasteiger partial charge < -0.3 is 15.4 Å². The van der Waals surface area contributed by atoms with Gasteiger partial charge in [-0.1, -0.05) is 32.9 Å². The molecular weight excluding hydrogens is 312 g/mol. The van der Waals surface area contributed by atoms with Crippen LogP contribution < -0.4 is 15.4 Å². The van der Waals surface area contributed by atoms with E-state index in [1.807, 2.05) is 38.1 Å². The Bertz CT molecular complexity index is 558. The second-order valence-electron chi connectivity index (χ2n) is 8.60. The summed E-state index contributed by atoms with van der Waals surface area (Å²) in [6.07, 6.45) is 2.21. The van der Waals surface area contributed by atoms with Gasteiger partial charge >= 0.3 is 0 Å². The van der Waals surface area contributed by atoms with Gasteiger partial charge in [0.2, 0.25) is 5.91 Å². The van der Waals surface area contributed by atoms with Gasteiger partial charge in [-0.05, 0) is 68.8 Å². The molecule has 1 fully saturated rings. The van der Waals surface area contributed by atoms with Crippen molar-refractivity contribution in [3.63, 3.8) is 0 Å². The first kappa shape index (κ1) is 19.8. The van der Waals surface area contributed by atoms with Crippen LogP contribution in [0.3, 0.4) is 0 Å². The van der Waals surface area contributed by atoms with Crippen LogP contribution in [0.5, 0.6) is 5.75 Å². The number of rotatable bonds is 7. The number of hydrogen-bond acceptors (Lipinski definition) is 3. The van der Waals surface area contributed by atoms with E-state index in [1.54, 1.807) is 0 Å². The summed E-state index contributed by atoms with van der Waals surface area (Å²) in [5.74, 6) is 1.44. The molecule has 0 saturated carbocycles. The molecule has 0 radical (unpaired) electrons. The number of hydrogen-bond donors (Lipinski definition) is 2. The smallest absolute Gasteiger partial charge is 0.230 e. The predicted molar refractivity (Wildman–Crippen MR) is 103 cm³/mol. The fraction of sp³-hybridized carbons (Fsp3) is 0.667. The number of carbonyl (C=O) groups is 1. The number of ether oxygens (including phenoxy) is 1. The lowest BCUT2D eigenvalue weighted by Gasteiger charge is -2.35.